The Morgan fingerprint density at radius 2 is 1.68 bits per heavy atom. The van der Waals surface area contributed by atoms with E-state index in [1.165, 1.54) is 24.3 Å². The van der Waals surface area contributed by atoms with Crippen molar-refractivity contribution in [3.05, 3.63) is 71.2 Å². The minimum atomic E-state index is -3.76. The van der Waals surface area contributed by atoms with E-state index < -0.39 is 10.0 Å². The second-order valence-electron chi connectivity index (χ2n) is 9.37. The molecule has 1 saturated heterocycles. The normalized spacial score (nSPS) is 14.2. The summed E-state index contributed by atoms with van der Waals surface area (Å²) in [5, 5.41) is 4.36. The molecule has 0 aliphatic carbocycles. The number of methoxy groups -OCH3 is 2. The van der Waals surface area contributed by atoms with Crippen molar-refractivity contribution in [2.45, 2.75) is 4.90 Å². The highest BCUT2D eigenvalue weighted by molar-refractivity contribution is 7.92. The summed E-state index contributed by atoms with van der Waals surface area (Å²) >= 11 is 7.48. The minimum Gasteiger partial charge on any atom is -0.493 e. The highest BCUT2D eigenvalue weighted by atomic mass is 35.5. The number of fused-ring (bicyclic) bond motifs is 1. The highest BCUT2D eigenvalue weighted by Gasteiger charge is 2.22. The molecule has 1 aliphatic rings. The zero-order chi connectivity index (χ0) is 29.0. The van der Waals surface area contributed by atoms with Crippen LogP contribution in [0.25, 0.3) is 10.2 Å². The van der Waals surface area contributed by atoms with Gasteiger partial charge < -0.3 is 19.7 Å². The van der Waals surface area contributed by atoms with E-state index in [0.29, 0.717) is 34.3 Å². The third kappa shape index (κ3) is 6.67. The molecule has 3 aromatic carbocycles. The zero-order valence-electron chi connectivity index (χ0n) is 22.6. The number of amides is 1. The third-order valence-electron chi connectivity index (χ3n) is 6.77. The fourth-order valence-corrected chi connectivity index (χ4v) is 6.74. The smallest absolute Gasteiger partial charge is 0.261 e. The average molecular weight is 616 g/mol. The molecule has 41 heavy (non-hydrogen) atoms. The molecule has 0 radical (unpaired) electrons. The summed E-state index contributed by atoms with van der Waals surface area (Å²) in [5.41, 5.74) is 1.62. The maximum Gasteiger partial charge on any atom is 0.261 e. The lowest BCUT2D eigenvalue weighted by atomic mass is 10.2. The molecule has 2 heterocycles. The number of sulfonamides is 1. The number of piperazine rings is 1. The topological polar surface area (TPSA) is 113 Å². The summed E-state index contributed by atoms with van der Waals surface area (Å²) in [6.45, 7) is 4.61. The number of halogens is 1. The Bertz CT molecular complexity index is 1620. The van der Waals surface area contributed by atoms with E-state index in [0.717, 1.165) is 48.1 Å². The second-order valence-corrected chi connectivity index (χ2v) is 12.5. The van der Waals surface area contributed by atoms with Gasteiger partial charge in [0.2, 0.25) is 0 Å². The predicted molar refractivity (Wildman–Crippen MR) is 162 cm³/mol. The Kier molecular flexibility index (Phi) is 8.83. The van der Waals surface area contributed by atoms with E-state index in [1.807, 2.05) is 12.1 Å². The third-order valence-corrected chi connectivity index (χ3v) is 9.50. The van der Waals surface area contributed by atoms with Gasteiger partial charge in [0.1, 0.15) is 5.52 Å². The van der Waals surface area contributed by atoms with Crippen molar-refractivity contribution in [1.29, 1.82) is 0 Å². The molecular formula is C28H30ClN5O5S2. The fourth-order valence-electron chi connectivity index (χ4n) is 4.54. The van der Waals surface area contributed by atoms with E-state index >= 15 is 0 Å². The van der Waals surface area contributed by atoms with Crippen molar-refractivity contribution in [1.82, 2.24) is 15.2 Å². The zero-order valence-corrected chi connectivity index (χ0v) is 25.0. The van der Waals surface area contributed by atoms with Gasteiger partial charge in [0, 0.05) is 55.5 Å². The molecule has 1 amide bonds. The summed E-state index contributed by atoms with van der Waals surface area (Å²) in [7, 11) is -0.518. The van der Waals surface area contributed by atoms with Gasteiger partial charge in [0.05, 0.1) is 23.8 Å². The number of hydrogen-bond acceptors (Lipinski definition) is 9. The van der Waals surface area contributed by atoms with Crippen LogP contribution in [0.3, 0.4) is 0 Å². The lowest BCUT2D eigenvalue weighted by Gasteiger charge is -2.34. The predicted octanol–water partition coefficient (Wildman–Crippen LogP) is 4.32. The van der Waals surface area contributed by atoms with Crippen LogP contribution in [0.5, 0.6) is 11.5 Å². The van der Waals surface area contributed by atoms with Crippen LogP contribution in [0.15, 0.2) is 65.6 Å². The minimum absolute atomic E-state index is 0.102. The number of rotatable bonds is 10. The van der Waals surface area contributed by atoms with Crippen LogP contribution in [0.1, 0.15) is 10.4 Å². The van der Waals surface area contributed by atoms with Crippen molar-refractivity contribution in [3.8, 4) is 11.5 Å². The summed E-state index contributed by atoms with van der Waals surface area (Å²) in [6.07, 6.45) is 0. The van der Waals surface area contributed by atoms with Gasteiger partial charge in [-0.05, 0) is 60.7 Å². The van der Waals surface area contributed by atoms with Gasteiger partial charge in [0.15, 0.2) is 16.6 Å². The van der Waals surface area contributed by atoms with E-state index in [9.17, 15) is 13.2 Å². The number of anilines is 2. The van der Waals surface area contributed by atoms with Crippen LogP contribution in [0.2, 0.25) is 5.02 Å². The number of nitrogens with zero attached hydrogens (tertiary/aromatic N) is 3. The quantitative estimate of drug-likeness (QED) is 0.271. The van der Waals surface area contributed by atoms with Gasteiger partial charge in [0.25, 0.3) is 15.9 Å². The lowest BCUT2D eigenvalue weighted by molar-refractivity contribution is 0.0948. The first-order valence-electron chi connectivity index (χ1n) is 12.9. The first-order valence-corrected chi connectivity index (χ1v) is 15.6. The summed E-state index contributed by atoms with van der Waals surface area (Å²) in [5.74, 6) is 1.10. The average Bonchev–Trinajstić information content (AvgIpc) is 3.42. The van der Waals surface area contributed by atoms with Crippen molar-refractivity contribution in [2.24, 2.45) is 0 Å². The molecule has 4 aromatic rings. The number of ether oxygens (including phenoxy) is 2. The molecule has 0 bridgehead atoms. The Balaban J connectivity index is 1.09. The number of carbonyl (C=O) groups excluding carboxylic acids is 1. The Labute approximate surface area is 247 Å². The van der Waals surface area contributed by atoms with Gasteiger partial charge >= 0.3 is 0 Å². The van der Waals surface area contributed by atoms with E-state index in [2.05, 4.69) is 19.8 Å². The van der Waals surface area contributed by atoms with Crippen molar-refractivity contribution in [2.75, 3.05) is 63.1 Å². The van der Waals surface area contributed by atoms with Crippen LogP contribution in [-0.4, -0.2) is 77.7 Å². The van der Waals surface area contributed by atoms with Crippen LogP contribution in [0.4, 0.5) is 10.8 Å². The molecule has 1 aromatic heterocycles. The maximum atomic E-state index is 12.6. The van der Waals surface area contributed by atoms with Crippen LogP contribution in [0, 0.1) is 0 Å². The van der Waals surface area contributed by atoms with Gasteiger partial charge in [-0.15, -0.1) is 0 Å². The van der Waals surface area contributed by atoms with E-state index in [4.69, 9.17) is 26.1 Å². The van der Waals surface area contributed by atoms with E-state index in [1.54, 1.807) is 49.8 Å². The molecule has 0 saturated carbocycles. The monoisotopic (exact) mass is 615 g/mol. The Morgan fingerprint density at radius 1 is 0.976 bits per heavy atom. The fraction of sp³-hybridized carbons (Fsp3) is 0.286. The number of hydrogen-bond donors (Lipinski definition) is 2. The molecule has 1 fully saturated rings. The number of aromatic nitrogens is 1. The highest BCUT2D eigenvalue weighted by Crippen LogP contribution is 2.40. The molecular weight excluding hydrogens is 586 g/mol. The molecule has 0 spiro atoms. The summed E-state index contributed by atoms with van der Waals surface area (Å²) in [6, 6.07) is 16.1. The number of carbonyl (C=O) groups is 1. The first-order chi connectivity index (χ1) is 19.8. The number of benzene rings is 3. The Hall–Kier alpha value is -3.58. The molecule has 10 nitrogen and oxygen atoms in total. The standard InChI is InChI=1S/C28H30ClN5O5S2/c1-38-23-11-12-24-25(26(23)39-2)31-28(40-24)34-17-15-33(16-18-34)14-13-30-27(35)19-3-7-21(8-4-19)32-41(36,37)22-9-5-20(29)6-10-22/h3-12,32H,13-18H2,1-2H3,(H,30,35). The van der Waals surface area contributed by atoms with Gasteiger partial charge in [-0.25, -0.2) is 13.4 Å². The summed E-state index contributed by atoms with van der Waals surface area (Å²) in [4.78, 5) is 22.1. The van der Waals surface area contributed by atoms with Gasteiger partial charge in [-0.3, -0.25) is 14.4 Å². The van der Waals surface area contributed by atoms with Crippen molar-refractivity contribution in [3.63, 3.8) is 0 Å². The van der Waals surface area contributed by atoms with Crippen molar-refractivity contribution >= 4 is 59.9 Å². The van der Waals surface area contributed by atoms with E-state index in [-0.39, 0.29) is 10.8 Å². The van der Waals surface area contributed by atoms with Gasteiger partial charge in [-0.1, -0.05) is 22.9 Å². The van der Waals surface area contributed by atoms with Crippen LogP contribution in [-0.2, 0) is 10.0 Å². The SMILES string of the molecule is COc1ccc2sc(N3CCN(CCNC(=O)c4ccc(NS(=O)(=O)c5ccc(Cl)cc5)cc4)CC3)nc2c1OC. The van der Waals surface area contributed by atoms with Crippen LogP contribution >= 0.6 is 22.9 Å². The molecule has 2 N–H and O–H groups in total. The van der Waals surface area contributed by atoms with Crippen molar-refractivity contribution < 1.29 is 22.7 Å². The molecule has 216 valence electrons. The number of thiazole rings is 1. The molecule has 1 aliphatic heterocycles. The maximum absolute atomic E-state index is 12.6. The Morgan fingerprint density at radius 3 is 2.34 bits per heavy atom. The lowest BCUT2D eigenvalue weighted by Crippen LogP contribution is -2.48. The molecule has 0 atom stereocenters. The summed E-state index contributed by atoms with van der Waals surface area (Å²) < 4.78 is 39.6. The molecule has 5 rings (SSSR count). The molecule has 13 heteroatoms. The molecule has 0 unspecified atom stereocenters. The number of nitrogens with one attached hydrogen (secondary N) is 2. The van der Waals surface area contributed by atoms with Crippen LogP contribution < -0.4 is 24.4 Å². The van der Waals surface area contributed by atoms with Gasteiger partial charge in [-0.2, -0.15) is 0 Å². The largest absolute Gasteiger partial charge is 0.493 e. The first kappa shape index (κ1) is 28.9. The second kappa shape index (κ2) is 12.5.